The molecule has 16 heavy (non-hydrogen) atoms. The Labute approximate surface area is 105 Å². The molecule has 1 aromatic carbocycles. The fourth-order valence-electron chi connectivity index (χ4n) is 1.19. The molecule has 0 heterocycles. The third-order valence-corrected chi connectivity index (χ3v) is 2.84. The number of nitrogens with two attached hydrogens (primary N) is 1. The number of ether oxygens (including phenoxy) is 2. The van der Waals surface area contributed by atoms with E-state index in [9.17, 15) is 0 Å². The topological polar surface area (TPSA) is 44.5 Å². The van der Waals surface area contributed by atoms with E-state index in [1.165, 1.54) is 0 Å². The summed E-state index contributed by atoms with van der Waals surface area (Å²) < 4.78 is 10.2. The van der Waals surface area contributed by atoms with Crippen molar-refractivity contribution in [2.75, 3.05) is 26.9 Å². The molecule has 1 aromatic rings. The molecule has 5 heteroatoms. The highest BCUT2D eigenvalue weighted by Gasteiger charge is 2.08. The smallest absolute Gasteiger partial charge is 0.0701 e. The van der Waals surface area contributed by atoms with Gasteiger partial charge < -0.3 is 15.2 Å². The lowest BCUT2D eigenvalue weighted by Gasteiger charge is -2.13. The van der Waals surface area contributed by atoms with E-state index in [0.717, 1.165) is 5.56 Å². The Morgan fingerprint density at radius 3 is 2.62 bits per heavy atom. The maximum absolute atomic E-state index is 5.93. The first-order valence-corrected chi connectivity index (χ1v) is 5.68. The predicted molar refractivity (Wildman–Crippen MR) is 66.1 cm³/mol. The van der Waals surface area contributed by atoms with Crippen LogP contribution in [0, 0.1) is 0 Å². The summed E-state index contributed by atoms with van der Waals surface area (Å²) in [4.78, 5) is 0. The zero-order chi connectivity index (χ0) is 12.0. The van der Waals surface area contributed by atoms with Crippen LogP contribution in [0.25, 0.3) is 0 Å². The zero-order valence-corrected chi connectivity index (χ0v) is 10.6. The first kappa shape index (κ1) is 13.7. The zero-order valence-electron chi connectivity index (χ0n) is 9.08. The van der Waals surface area contributed by atoms with Gasteiger partial charge >= 0.3 is 0 Å². The van der Waals surface area contributed by atoms with Gasteiger partial charge in [-0.3, -0.25) is 0 Å². The van der Waals surface area contributed by atoms with Crippen LogP contribution in [0.1, 0.15) is 11.6 Å². The van der Waals surface area contributed by atoms with Gasteiger partial charge in [0.05, 0.1) is 35.9 Å². The first-order valence-electron chi connectivity index (χ1n) is 4.92. The Balaban J connectivity index is 2.46. The van der Waals surface area contributed by atoms with Gasteiger partial charge in [-0.1, -0.05) is 29.3 Å². The summed E-state index contributed by atoms with van der Waals surface area (Å²) in [6, 6.07) is 5.13. The molecule has 0 aliphatic carbocycles. The van der Waals surface area contributed by atoms with E-state index in [1.54, 1.807) is 19.2 Å². The predicted octanol–water partition coefficient (Wildman–Crippen LogP) is 2.66. The highest BCUT2D eigenvalue weighted by Crippen LogP contribution is 2.24. The normalized spacial score (nSPS) is 12.8. The second-order valence-electron chi connectivity index (χ2n) is 3.35. The van der Waals surface area contributed by atoms with E-state index < -0.39 is 0 Å². The maximum Gasteiger partial charge on any atom is 0.0701 e. The second-order valence-corrected chi connectivity index (χ2v) is 4.16. The van der Waals surface area contributed by atoms with E-state index >= 15 is 0 Å². The molecular weight excluding hydrogens is 249 g/mol. The molecule has 90 valence electrons. The summed E-state index contributed by atoms with van der Waals surface area (Å²) in [6.07, 6.45) is 0. The van der Waals surface area contributed by atoms with Crippen LogP contribution in [-0.2, 0) is 9.47 Å². The van der Waals surface area contributed by atoms with Crippen LogP contribution < -0.4 is 5.73 Å². The van der Waals surface area contributed by atoms with Crippen molar-refractivity contribution in [1.82, 2.24) is 0 Å². The van der Waals surface area contributed by atoms with E-state index in [2.05, 4.69) is 0 Å². The van der Waals surface area contributed by atoms with Crippen molar-refractivity contribution in [2.45, 2.75) is 6.04 Å². The largest absolute Gasteiger partial charge is 0.382 e. The van der Waals surface area contributed by atoms with E-state index in [4.69, 9.17) is 38.4 Å². The number of halogens is 2. The molecule has 0 bridgehead atoms. The first-order chi connectivity index (χ1) is 7.65. The van der Waals surface area contributed by atoms with Gasteiger partial charge in [-0.05, 0) is 17.7 Å². The molecule has 0 amide bonds. The molecule has 0 fully saturated rings. The Bertz CT molecular complexity index is 334. The van der Waals surface area contributed by atoms with Crippen LogP contribution in [-0.4, -0.2) is 26.9 Å². The third-order valence-electron chi connectivity index (χ3n) is 2.10. The van der Waals surface area contributed by atoms with E-state index in [1.807, 2.05) is 6.07 Å². The summed E-state index contributed by atoms with van der Waals surface area (Å²) in [5.41, 5.74) is 6.84. The van der Waals surface area contributed by atoms with Gasteiger partial charge in [0.15, 0.2) is 0 Å². The number of methoxy groups -OCH3 is 1. The Morgan fingerprint density at radius 1 is 1.25 bits per heavy atom. The van der Waals surface area contributed by atoms with Crippen molar-refractivity contribution in [3.05, 3.63) is 33.8 Å². The van der Waals surface area contributed by atoms with Crippen LogP contribution in [0.2, 0.25) is 10.0 Å². The van der Waals surface area contributed by atoms with Crippen molar-refractivity contribution >= 4 is 23.2 Å². The SMILES string of the molecule is COCCOCC(N)c1ccc(Cl)c(Cl)c1. The minimum absolute atomic E-state index is 0.202. The monoisotopic (exact) mass is 263 g/mol. The molecule has 1 rings (SSSR count). The molecule has 0 radical (unpaired) electrons. The Morgan fingerprint density at radius 2 is 2.00 bits per heavy atom. The molecular formula is C11H15Cl2NO2. The molecule has 0 saturated heterocycles. The van der Waals surface area contributed by atoms with Gasteiger partial charge in [0.1, 0.15) is 0 Å². The van der Waals surface area contributed by atoms with Gasteiger partial charge in [-0.2, -0.15) is 0 Å². The minimum atomic E-state index is -0.202. The maximum atomic E-state index is 5.93. The van der Waals surface area contributed by atoms with Crippen LogP contribution in [0.3, 0.4) is 0 Å². The highest BCUT2D eigenvalue weighted by molar-refractivity contribution is 6.42. The summed E-state index contributed by atoms with van der Waals surface area (Å²) in [6.45, 7) is 1.53. The van der Waals surface area contributed by atoms with Gasteiger partial charge in [-0.25, -0.2) is 0 Å². The van der Waals surface area contributed by atoms with Crippen molar-refractivity contribution in [2.24, 2.45) is 5.73 Å². The molecule has 0 aliphatic heterocycles. The summed E-state index contributed by atoms with van der Waals surface area (Å²) in [5.74, 6) is 0. The standard InChI is InChI=1S/C11H15Cl2NO2/c1-15-4-5-16-7-11(14)8-2-3-9(12)10(13)6-8/h2-3,6,11H,4-5,7,14H2,1H3. The van der Waals surface area contributed by atoms with Gasteiger partial charge in [-0.15, -0.1) is 0 Å². The average molecular weight is 264 g/mol. The molecule has 0 aromatic heterocycles. The number of hydrogen-bond donors (Lipinski definition) is 1. The quantitative estimate of drug-likeness (QED) is 0.803. The Hall–Kier alpha value is -0.320. The number of benzene rings is 1. The summed E-state index contributed by atoms with van der Waals surface area (Å²) >= 11 is 11.7. The van der Waals surface area contributed by atoms with Crippen LogP contribution in [0.15, 0.2) is 18.2 Å². The van der Waals surface area contributed by atoms with Crippen molar-refractivity contribution in [3.63, 3.8) is 0 Å². The third kappa shape index (κ3) is 4.28. The lowest BCUT2D eigenvalue weighted by molar-refractivity contribution is 0.0636. The minimum Gasteiger partial charge on any atom is -0.382 e. The number of rotatable bonds is 6. The Kier molecular flexibility index (Phi) is 6.09. The van der Waals surface area contributed by atoms with E-state index in [-0.39, 0.29) is 6.04 Å². The fourth-order valence-corrected chi connectivity index (χ4v) is 1.50. The van der Waals surface area contributed by atoms with Crippen molar-refractivity contribution in [1.29, 1.82) is 0 Å². The van der Waals surface area contributed by atoms with Crippen molar-refractivity contribution in [3.8, 4) is 0 Å². The van der Waals surface area contributed by atoms with Crippen molar-refractivity contribution < 1.29 is 9.47 Å². The lowest BCUT2D eigenvalue weighted by atomic mass is 10.1. The van der Waals surface area contributed by atoms with Gasteiger partial charge in [0.2, 0.25) is 0 Å². The lowest BCUT2D eigenvalue weighted by Crippen LogP contribution is -2.18. The number of hydrogen-bond acceptors (Lipinski definition) is 3. The van der Waals surface area contributed by atoms with Gasteiger partial charge in [0.25, 0.3) is 0 Å². The molecule has 1 unspecified atom stereocenters. The molecule has 0 aliphatic rings. The van der Waals surface area contributed by atoms with Crippen LogP contribution >= 0.6 is 23.2 Å². The van der Waals surface area contributed by atoms with E-state index in [0.29, 0.717) is 29.9 Å². The van der Waals surface area contributed by atoms with Gasteiger partial charge in [0, 0.05) is 7.11 Å². The van der Waals surface area contributed by atoms with Crippen LogP contribution in [0.5, 0.6) is 0 Å². The molecule has 2 N–H and O–H groups in total. The fraction of sp³-hybridized carbons (Fsp3) is 0.455. The summed E-state index contributed by atoms with van der Waals surface area (Å²) in [5, 5.41) is 1.03. The summed E-state index contributed by atoms with van der Waals surface area (Å²) in [7, 11) is 1.63. The average Bonchev–Trinajstić information content (AvgIpc) is 2.28. The molecule has 0 saturated carbocycles. The molecule has 3 nitrogen and oxygen atoms in total. The van der Waals surface area contributed by atoms with Crippen LogP contribution in [0.4, 0.5) is 0 Å². The molecule has 0 spiro atoms. The second kappa shape index (κ2) is 7.09. The highest BCUT2D eigenvalue weighted by atomic mass is 35.5. The molecule has 1 atom stereocenters.